The second-order valence-electron chi connectivity index (χ2n) is 16.8. The molecule has 3 aromatic carbocycles. The Morgan fingerprint density at radius 2 is 1.81 bits per heavy atom. The minimum absolute atomic E-state index is 0.0199. The molecule has 3 aromatic rings. The lowest BCUT2D eigenvalue weighted by atomic mass is 9.78. The average Bonchev–Trinajstić information content (AvgIpc) is 3.25. The molecular weight excluding hydrogens is 825 g/mol. The van der Waals surface area contributed by atoms with Gasteiger partial charge in [-0.25, -0.2) is 4.99 Å². The molecule has 8 N–H and O–H groups in total. The van der Waals surface area contributed by atoms with Crippen LogP contribution >= 0.6 is 21.6 Å². The van der Waals surface area contributed by atoms with E-state index in [0.717, 1.165) is 29.7 Å². The molecule has 4 heterocycles. The fourth-order valence-corrected chi connectivity index (χ4v) is 11.4. The van der Waals surface area contributed by atoms with Crippen LogP contribution in [0.1, 0.15) is 79.3 Å². The molecule has 0 radical (unpaired) electrons. The number of nitrogens with two attached hydrogens (primary N) is 1. The maximum absolute atomic E-state index is 13.2. The van der Waals surface area contributed by atoms with Crippen molar-refractivity contribution in [3.8, 4) is 46.7 Å². The monoisotopic (exact) mass is 882 g/mol. The van der Waals surface area contributed by atoms with E-state index in [9.17, 15) is 25.2 Å². The van der Waals surface area contributed by atoms with Gasteiger partial charge in [0.2, 0.25) is 6.29 Å². The van der Waals surface area contributed by atoms with Gasteiger partial charge in [0.15, 0.2) is 35.8 Å². The number of nitrogens with zero attached hydrogens (tertiary/aromatic N) is 1. The molecule has 0 fully saturated rings. The zero-order chi connectivity index (χ0) is 43.6. The zero-order valence-corrected chi connectivity index (χ0v) is 37.0. The van der Waals surface area contributed by atoms with Crippen molar-refractivity contribution in [2.24, 2.45) is 28.5 Å². The fraction of sp³-hybridized carbons (Fsp3) is 0.500. The lowest BCUT2D eigenvalue weighted by molar-refractivity contribution is -0.121. The van der Waals surface area contributed by atoms with Crippen LogP contribution in [0, 0.1) is 41.4 Å². The van der Waals surface area contributed by atoms with Crippen molar-refractivity contribution in [1.29, 1.82) is 0 Å². The topological polar surface area (TPSA) is 188 Å². The van der Waals surface area contributed by atoms with E-state index in [-0.39, 0.29) is 61.3 Å². The fourth-order valence-electron chi connectivity index (χ4n) is 8.52. The van der Waals surface area contributed by atoms with Crippen LogP contribution in [-0.4, -0.2) is 87.7 Å². The molecule has 62 heavy (non-hydrogen) atoms. The summed E-state index contributed by atoms with van der Waals surface area (Å²) in [4.78, 5) is 18.1. The quantitative estimate of drug-likeness (QED) is 0.0995. The summed E-state index contributed by atoms with van der Waals surface area (Å²) in [5.41, 5.74) is 11.4. The third kappa shape index (κ3) is 11.5. The summed E-state index contributed by atoms with van der Waals surface area (Å²) >= 11 is 0. The van der Waals surface area contributed by atoms with E-state index in [1.807, 2.05) is 24.3 Å². The largest absolute Gasteiger partial charge is 0.504 e. The molecule has 0 saturated heterocycles. The van der Waals surface area contributed by atoms with Gasteiger partial charge in [0.25, 0.3) is 0 Å². The molecule has 12 nitrogen and oxygen atoms in total. The number of rotatable bonds is 6. The Bertz CT molecular complexity index is 2200. The van der Waals surface area contributed by atoms with Crippen LogP contribution < -0.4 is 30.6 Å². The molecule has 8 rings (SSSR count). The number of aliphatic imine (C=N–C) groups is 1. The van der Waals surface area contributed by atoms with Crippen molar-refractivity contribution in [1.82, 2.24) is 10.6 Å². The number of hydrogen-bond donors (Lipinski definition) is 7. The van der Waals surface area contributed by atoms with Crippen molar-refractivity contribution < 1.29 is 39.4 Å². The summed E-state index contributed by atoms with van der Waals surface area (Å²) in [5.74, 6) is 15.5. The third-order valence-corrected chi connectivity index (χ3v) is 14.6. The molecular formula is C48H58N4O8S2. The Hall–Kier alpha value is -4.54. The SMILES string of the molecule is CC(C)C1CSSCC2C(C#CCC(CCc3ccccc3)NCOc3c4cc(c5c3OC(O)C2C5)CCC(O)CC(=O)CCc2ccc(O)c(OCO)c2C#CC4)NC(N)=N1. The lowest BCUT2D eigenvalue weighted by Crippen LogP contribution is -2.51. The van der Waals surface area contributed by atoms with Gasteiger partial charge in [-0.15, -0.1) is 0 Å². The van der Waals surface area contributed by atoms with Crippen molar-refractivity contribution in [2.75, 3.05) is 25.0 Å². The first kappa shape index (κ1) is 45.5. The maximum atomic E-state index is 13.2. The van der Waals surface area contributed by atoms with Crippen LogP contribution in [0.5, 0.6) is 23.0 Å². The zero-order valence-electron chi connectivity index (χ0n) is 35.4. The second kappa shape index (κ2) is 21.7. The van der Waals surface area contributed by atoms with E-state index in [1.165, 1.54) is 11.6 Å². The summed E-state index contributed by atoms with van der Waals surface area (Å²) in [6, 6.07) is 15.1. The van der Waals surface area contributed by atoms with E-state index < -0.39 is 31.1 Å². The minimum atomic E-state index is -1.22. The van der Waals surface area contributed by atoms with Crippen molar-refractivity contribution in [3.63, 3.8) is 0 Å². The Balaban J connectivity index is 1.33. The smallest absolute Gasteiger partial charge is 0.201 e. The number of phenols is 1. The Morgan fingerprint density at radius 1 is 0.984 bits per heavy atom. The van der Waals surface area contributed by atoms with E-state index in [2.05, 4.69) is 60.3 Å². The number of aliphatic hydroxyl groups excluding tert-OH is 3. The van der Waals surface area contributed by atoms with Crippen molar-refractivity contribution >= 4 is 33.3 Å². The number of benzene rings is 3. The number of aliphatic hydroxyl groups is 3. The number of carbonyl (C=O) groups is 1. The van der Waals surface area contributed by atoms with Crippen LogP contribution in [0.15, 0.2) is 53.5 Å². The van der Waals surface area contributed by atoms with Crippen molar-refractivity contribution in [3.05, 3.63) is 81.9 Å². The molecule has 7 unspecified atom stereocenters. The highest BCUT2D eigenvalue weighted by Crippen LogP contribution is 2.47. The molecule has 0 spiro atoms. The number of guanidine groups is 1. The number of hydrogen-bond acceptors (Lipinski definition) is 14. The van der Waals surface area contributed by atoms with Crippen LogP contribution in [0.4, 0.5) is 0 Å². The maximum Gasteiger partial charge on any atom is 0.201 e. The molecule has 5 aliphatic rings. The van der Waals surface area contributed by atoms with Crippen molar-refractivity contribution in [2.45, 2.75) is 109 Å². The molecule has 1 aliphatic carbocycles. The van der Waals surface area contributed by atoms with Gasteiger partial charge < -0.3 is 45.7 Å². The summed E-state index contributed by atoms with van der Waals surface area (Å²) in [6.45, 7) is 3.74. The number of carbonyl (C=O) groups excluding carboxylic acids is 1. The lowest BCUT2D eigenvalue weighted by Gasteiger charge is -2.40. The van der Waals surface area contributed by atoms with Gasteiger partial charge in [-0.1, -0.05) is 102 Å². The predicted molar refractivity (Wildman–Crippen MR) is 244 cm³/mol. The summed E-state index contributed by atoms with van der Waals surface area (Å²) in [6.07, 6.45) is 1.93. The highest BCUT2D eigenvalue weighted by atomic mass is 33.1. The van der Waals surface area contributed by atoms with Crippen LogP contribution in [0.25, 0.3) is 0 Å². The first-order valence-electron chi connectivity index (χ1n) is 21.6. The van der Waals surface area contributed by atoms with Crippen LogP contribution in [-0.2, 0) is 36.9 Å². The van der Waals surface area contributed by atoms with Gasteiger partial charge >= 0.3 is 0 Å². The summed E-state index contributed by atoms with van der Waals surface area (Å²) < 4.78 is 18.7. The second-order valence-corrected chi connectivity index (χ2v) is 19.3. The number of ketones is 1. The van der Waals surface area contributed by atoms with E-state index >= 15 is 0 Å². The summed E-state index contributed by atoms with van der Waals surface area (Å²) in [5, 5.41) is 50.8. The average molecular weight is 883 g/mol. The normalized spacial score (nSPS) is 25.7. The van der Waals surface area contributed by atoms with Crippen LogP contribution in [0.2, 0.25) is 0 Å². The van der Waals surface area contributed by atoms with Gasteiger partial charge in [0.1, 0.15) is 12.5 Å². The number of aryl methyl sites for hydroxylation is 3. The number of Topliss-reactive ketones (excluding diaryl/α,β-unsaturated/α-hetero) is 1. The van der Waals surface area contributed by atoms with Gasteiger partial charge in [0, 0.05) is 66.2 Å². The third-order valence-electron chi connectivity index (χ3n) is 12.1. The van der Waals surface area contributed by atoms with E-state index in [4.69, 9.17) is 24.9 Å². The molecule has 0 amide bonds. The molecule has 6 bridgehead atoms. The molecule has 0 aromatic heterocycles. The van der Waals surface area contributed by atoms with Gasteiger partial charge in [-0.3, -0.25) is 10.1 Å². The Labute approximate surface area is 372 Å². The predicted octanol–water partition coefficient (Wildman–Crippen LogP) is 5.03. The number of ether oxygens (including phenoxy) is 3. The summed E-state index contributed by atoms with van der Waals surface area (Å²) in [7, 11) is 3.50. The van der Waals surface area contributed by atoms with E-state index in [1.54, 1.807) is 27.7 Å². The van der Waals surface area contributed by atoms with E-state index in [0.29, 0.717) is 77.9 Å². The molecule has 7 atom stereocenters. The number of phenolic OH excluding ortho intramolecular Hbond substituents is 1. The van der Waals surface area contributed by atoms with Gasteiger partial charge in [-0.2, -0.15) is 0 Å². The molecule has 14 heteroatoms. The van der Waals surface area contributed by atoms with Crippen LogP contribution in [0.3, 0.4) is 0 Å². The first-order valence-corrected chi connectivity index (χ1v) is 24.1. The number of aromatic hydroxyl groups is 1. The van der Waals surface area contributed by atoms with Gasteiger partial charge in [-0.05, 0) is 67.2 Å². The minimum Gasteiger partial charge on any atom is -0.504 e. The number of nitrogens with one attached hydrogen (secondary N) is 2. The highest BCUT2D eigenvalue weighted by Gasteiger charge is 2.42. The Morgan fingerprint density at radius 3 is 2.61 bits per heavy atom. The first-order chi connectivity index (χ1) is 30.1. The Kier molecular flexibility index (Phi) is 15.9. The highest BCUT2D eigenvalue weighted by molar-refractivity contribution is 8.76. The molecule has 0 saturated carbocycles. The molecule has 330 valence electrons. The standard InChI is InChI=1S/C48H58N4O8S2/c1-29(2)42-26-62-61-25-40-39-24-38-32-16-20-36(55)23-35(54)19-15-31-17-21-43(56)45(59-28-53)37(31)12-6-10-33(22-32)44(46(38)60-47(39)57)58-27-50-34(18-14-30-8-4-3-5-9-30)11-7-13-41(40)51-48(49)52-42/h3-5,8-9,17,21-22,29,34,36,39-42,47,50,53,55-57H,10-11,14-16,18-20,23-28H2,1-2H3,(H3,49,51,52). The van der Waals surface area contributed by atoms with Gasteiger partial charge in [0.05, 0.1) is 23.8 Å². The molecule has 4 aliphatic heterocycles. The number of fused-ring (bicyclic) bond motifs is 9.